The molecule has 0 heterocycles. The van der Waals surface area contributed by atoms with Crippen molar-refractivity contribution >= 4 is 22.6 Å². The first-order valence-corrected chi connectivity index (χ1v) is 9.90. The molecule has 4 N–H and O–H groups in total. The minimum absolute atomic E-state index is 0.0238. The maximum atomic E-state index is 12.1. The Kier molecular flexibility index (Phi) is 9.40. The Hall–Kier alpha value is -2.64. The molecule has 0 radical (unpaired) electrons. The van der Waals surface area contributed by atoms with E-state index in [1.54, 1.807) is 7.11 Å². The van der Waals surface area contributed by atoms with Crippen molar-refractivity contribution < 1.29 is 24.5 Å². The first kappa shape index (κ1) is 22.6. The molecule has 2 aromatic rings. The first-order chi connectivity index (χ1) is 14.0. The van der Waals surface area contributed by atoms with E-state index in [0.29, 0.717) is 25.8 Å². The van der Waals surface area contributed by atoms with Crippen molar-refractivity contribution in [3.8, 4) is 5.75 Å². The van der Waals surface area contributed by atoms with Gasteiger partial charge in [-0.05, 0) is 41.3 Å². The molecule has 0 saturated carbocycles. The van der Waals surface area contributed by atoms with Crippen LogP contribution >= 0.6 is 0 Å². The highest BCUT2D eigenvalue weighted by Gasteiger charge is 2.09. The molecule has 0 atom stereocenters. The van der Waals surface area contributed by atoms with Gasteiger partial charge in [-0.15, -0.1) is 0 Å². The third-order valence-corrected chi connectivity index (χ3v) is 4.69. The van der Waals surface area contributed by atoms with E-state index in [-0.39, 0.29) is 25.0 Å². The van der Waals surface area contributed by atoms with Gasteiger partial charge in [0.1, 0.15) is 5.75 Å². The zero-order valence-corrected chi connectivity index (χ0v) is 16.8. The second kappa shape index (κ2) is 12.0. The normalized spacial score (nSPS) is 10.9. The standard InChI is InChI=1S/C22H30N2O5/c1-29-20-9-8-17-11-16(6-7-18(17)13-20)12-22(28)23-10-4-2-3-5-21(27)24-19(14-25)15-26/h6-9,11,13,19,25-26H,2-5,10,12,14-15H2,1H3,(H,23,28)(H,24,27). The molecular formula is C22H30N2O5. The van der Waals surface area contributed by atoms with E-state index < -0.39 is 6.04 Å². The van der Waals surface area contributed by atoms with Crippen molar-refractivity contribution in [3.63, 3.8) is 0 Å². The summed E-state index contributed by atoms with van der Waals surface area (Å²) in [7, 11) is 1.64. The lowest BCUT2D eigenvalue weighted by atomic mass is 10.0. The molecule has 2 amide bonds. The number of methoxy groups -OCH3 is 1. The van der Waals surface area contributed by atoms with E-state index in [1.165, 1.54) is 0 Å². The quantitative estimate of drug-likeness (QED) is 0.403. The van der Waals surface area contributed by atoms with E-state index in [2.05, 4.69) is 10.6 Å². The Morgan fingerprint density at radius 1 is 0.966 bits per heavy atom. The summed E-state index contributed by atoms with van der Waals surface area (Å²) in [5, 5.41) is 25.5. The molecule has 0 aromatic heterocycles. The van der Waals surface area contributed by atoms with Crippen LogP contribution in [-0.4, -0.2) is 54.9 Å². The predicted molar refractivity (Wildman–Crippen MR) is 112 cm³/mol. The van der Waals surface area contributed by atoms with Crippen LogP contribution in [0.1, 0.15) is 31.2 Å². The number of rotatable bonds is 12. The van der Waals surface area contributed by atoms with Gasteiger partial charge in [0.2, 0.25) is 11.8 Å². The van der Waals surface area contributed by atoms with E-state index in [9.17, 15) is 9.59 Å². The second-order valence-corrected chi connectivity index (χ2v) is 7.01. The molecule has 0 aliphatic rings. The molecule has 0 spiro atoms. The van der Waals surface area contributed by atoms with Crippen molar-refractivity contribution in [1.29, 1.82) is 0 Å². The van der Waals surface area contributed by atoms with Gasteiger partial charge in [-0.2, -0.15) is 0 Å². The Morgan fingerprint density at radius 2 is 1.69 bits per heavy atom. The molecule has 2 rings (SSSR count). The summed E-state index contributed by atoms with van der Waals surface area (Å²) in [5.41, 5.74) is 0.958. The summed E-state index contributed by atoms with van der Waals surface area (Å²) in [5.74, 6) is 0.600. The third-order valence-electron chi connectivity index (χ3n) is 4.69. The van der Waals surface area contributed by atoms with E-state index in [1.807, 2.05) is 36.4 Å². The topological polar surface area (TPSA) is 108 Å². The lowest BCUT2D eigenvalue weighted by Gasteiger charge is -2.13. The van der Waals surface area contributed by atoms with Crippen LogP contribution in [-0.2, 0) is 16.0 Å². The molecule has 0 fully saturated rings. The third kappa shape index (κ3) is 7.71. The van der Waals surface area contributed by atoms with Gasteiger partial charge in [0.05, 0.1) is 32.8 Å². The molecule has 7 nitrogen and oxygen atoms in total. The molecule has 0 bridgehead atoms. The molecule has 29 heavy (non-hydrogen) atoms. The van der Waals surface area contributed by atoms with E-state index >= 15 is 0 Å². The number of carbonyl (C=O) groups is 2. The number of unbranched alkanes of at least 4 members (excludes halogenated alkanes) is 2. The zero-order valence-electron chi connectivity index (χ0n) is 16.8. The number of hydrogen-bond donors (Lipinski definition) is 4. The van der Waals surface area contributed by atoms with Crippen LogP contribution in [0.4, 0.5) is 0 Å². The Morgan fingerprint density at radius 3 is 2.41 bits per heavy atom. The Balaban J connectivity index is 1.65. The van der Waals surface area contributed by atoms with Crippen LogP contribution in [0, 0.1) is 0 Å². The zero-order chi connectivity index (χ0) is 21.1. The van der Waals surface area contributed by atoms with Crippen molar-refractivity contribution in [2.75, 3.05) is 26.9 Å². The molecule has 2 aromatic carbocycles. The number of aliphatic hydroxyl groups is 2. The smallest absolute Gasteiger partial charge is 0.224 e. The summed E-state index contributed by atoms with van der Waals surface area (Å²) in [4.78, 5) is 23.8. The molecular weight excluding hydrogens is 372 g/mol. The fraction of sp³-hybridized carbons (Fsp3) is 0.455. The van der Waals surface area contributed by atoms with Gasteiger partial charge in [0.25, 0.3) is 0 Å². The summed E-state index contributed by atoms with van der Waals surface area (Å²) < 4.78 is 5.22. The van der Waals surface area contributed by atoms with Crippen LogP contribution in [0.15, 0.2) is 36.4 Å². The monoisotopic (exact) mass is 402 g/mol. The van der Waals surface area contributed by atoms with Gasteiger partial charge in [-0.3, -0.25) is 9.59 Å². The Bertz CT molecular complexity index is 805. The van der Waals surface area contributed by atoms with E-state index in [0.717, 1.165) is 34.9 Å². The average molecular weight is 402 g/mol. The number of nitrogens with one attached hydrogen (secondary N) is 2. The van der Waals surface area contributed by atoms with Gasteiger partial charge in [0, 0.05) is 13.0 Å². The first-order valence-electron chi connectivity index (χ1n) is 9.90. The number of fused-ring (bicyclic) bond motifs is 1. The van der Waals surface area contributed by atoms with Crippen LogP contribution in [0.5, 0.6) is 5.75 Å². The van der Waals surface area contributed by atoms with Crippen LogP contribution in [0.3, 0.4) is 0 Å². The van der Waals surface area contributed by atoms with Crippen LogP contribution < -0.4 is 15.4 Å². The molecule has 0 aliphatic heterocycles. The highest BCUT2D eigenvalue weighted by molar-refractivity contribution is 5.86. The lowest BCUT2D eigenvalue weighted by molar-refractivity contribution is -0.123. The summed E-state index contributed by atoms with van der Waals surface area (Å²) in [6.45, 7) is 0.0144. The van der Waals surface area contributed by atoms with Crippen LogP contribution in [0.25, 0.3) is 10.8 Å². The Labute approximate surface area is 171 Å². The number of hydrogen-bond acceptors (Lipinski definition) is 5. The average Bonchev–Trinajstić information content (AvgIpc) is 2.73. The number of carbonyl (C=O) groups excluding carboxylic acids is 2. The van der Waals surface area contributed by atoms with Crippen molar-refractivity contribution in [2.45, 2.75) is 38.1 Å². The molecule has 7 heteroatoms. The highest BCUT2D eigenvalue weighted by Crippen LogP contribution is 2.22. The summed E-state index contributed by atoms with van der Waals surface area (Å²) in [6.07, 6.45) is 2.97. The molecule has 0 unspecified atom stereocenters. The summed E-state index contributed by atoms with van der Waals surface area (Å²) in [6, 6.07) is 11.2. The van der Waals surface area contributed by atoms with Crippen molar-refractivity contribution in [2.24, 2.45) is 0 Å². The number of benzene rings is 2. The maximum Gasteiger partial charge on any atom is 0.224 e. The SMILES string of the molecule is COc1ccc2cc(CC(=O)NCCCCCC(=O)NC(CO)CO)ccc2c1. The summed E-state index contributed by atoms with van der Waals surface area (Å²) >= 11 is 0. The minimum atomic E-state index is -0.598. The van der Waals surface area contributed by atoms with Crippen molar-refractivity contribution in [3.05, 3.63) is 42.0 Å². The van der Waals surface area contributed by atoms with E-state index in [4.69, 9.17) is 14.9 Å². The number of amides is 2. The maximum absolute atomic E-state index is 12.1. The fourth-order valence-corrected chi connectivity index (χ4v) is 3.02. The molecule has 0 aliphatic carbocycles. The molecule has 0 saturated heterocycles. The van der Waals surface area contributed by atoms with Gasteiger partial charge >= 0.3 is 0 Å². The highest BCUT2D eigenvalue weighted by atomic mass is 16.5. The lowest BCUT2D eigenvalue weighted by Crippen LogP contribution is -2.39. The van der Waals surface area contributed by atoms with Gasteiger partial charge in [0.15, 0.2) is 0 Å². The molecule has 158 valence electrons. The predicted octanol–water partition coefficient (Wildman–Crippen LogP) is 1.54. The fourth-order valence-electron chi connectivity index (χ4n) is 3.02. The second-order valence-electron chi connectivity index (χ2n) is 7.01. The largest absolute Gasteiger partial charge is 0.497 e. The van der Waals surface area contributed by atoms with Crippen LogP contribution in [0.2, 0.25) is 0 Å². The minimum Gasteiger partial charge on any atom is -0.497 e. The number of aliphatic hydroxyl groups excluding tert-OH is 2. The van der Waals surface area contributed by atoms with Gasteiger partial charge in [-0.25, -0.2) is 0 Å². The van der Waals surface area contributed by atoms with Crippen molar-refractivity contribution in [1.82, 2.24) is 10.6 Å². The number of ether oxygens (including phenoxy) is 1. The van der Waals surface area contributed by atoms with Gasteiger partial charge in [-0.1, -0.05) is 30.7 Å². The van der Waals surface area contributed by atoms with Gasteiger partial charge < -0.3 is 25.6 Å².